The molecule has 7 heavy (non-hydrogen) atoms. The fourth-order valence-electron chi connectivity index (χ4n) is 0.245. The van der Waals surface area contributed by atoms with Crippen molar-refractivity contribution in [1.82, 2.24) is 0 Å². The SMILES string of the molecule is BC(=O)OC(=C)C. The van der Waals surface area contributed by atoms with Gasteiger partial charge in [0.2, 0.25) is 13.7 Å². The van der Waals surface area contributed by atoms with Gasteiger partial charge in [0.1, 0.15) is 0 Å². The molecule has 0 heterocycles. The van der Waals surface area contributed by atoms with Crippen molar-refractivity contribution in [2.75, 3.05) is 0 Å². The first kappa shape index (κ1) is 6.27. The Balaban J connectivity index is 3.32. The Morgan fingerprint density at radius 3 is 2.29 bits per heavy atom. The molecule has 0 aromatic rings. The Morgan fingerprint density at radius 1 is 1.86 bits per heavy atom. The van der Waals surface area contributed by atoms with Gasteiger partial charge in [0.25, 0.3) is 0 Å². The standard InChI is InChI=1S/C4H7BO2/c1-3(2)7-4(5)6/h1,5H2,2H3. The van der Waals surface area contributed by atoms with Crippen LogP contribution in [0, 0.1) is 0 Å². The van der Waals surface area contributed by atoms with Gasteiger partial charge in [0, 0.05) is 0 Å². The molecule has 0 saturated carbocycles. The van der Waals surface area contributed by atoms with Crippen LogP contribution in [0.4, 0.5) is 4.79 Å². The van der Waals surface area contributed by atoms with Gasteiger partial charge in [0.05, 0.1) is 5.76 Å². The first-order chi connectivity index (χ1) is 3.13. The van der Waals surface area contributed by atoms with Crippen LogP contribution >= 0.6 is 0 Å². The molecule has 0 bridgehead atoms. The number of rotatable bonds is 1. The lowest BCUT2D eigenvalue weighted by molar-refractivity contribution is 0.204. The molecule has 38 valence electrons. The van der Waals surface area contributed by atoms with Gasteiger partial charge in [-0.2, -0.15) is 0 Å². The summed E-state index contributed by atoms with van der Waals surface area (Å²) in [6.45, 7) is 4.98. The molecule has 0 saturated heterocycles. The lowest BCUT2D eigenvalue weighted by Gasteiger charge is -1.94. The van der Waals surface area contributed by atoms with Gasteiger partial charge in [-0.15, -0.1) is 0 Å². The topological polar surface area (TPSA) is 26.3 Å². The Morgan fingerprint density at radius 2 is 2.29 bits per heavy atom. The molecule has 0 aliphatic heterocycles. The minimum atomic E-state index is -0.312. The van der Waals surface area contributed by atoms with Crippen molar-refractivity contribution >= 4 is 13.7 Å². The summed E-state index contributed by atoms with van der Waals surface area (Å²) >= 11 is 0. The zero-order valence-corrected chi connectivity index (χ0v) is 4.52. The summed E-state index contributed by atoms with van der Waals surface area (Å²) in [5.74, 6) is 0.125. The second kappa shape index (κ2) is 2.45. The molecule has 0 aromatic heterocycles. The number of hydrogen-bond donors (Lipinski definition) is 0. The highest BCUT2D eigenvalue weighted by Crippen LogP contribution is 1.87. The molecular weight excluding hydrogens is 90.9 g/mol. The van der Waals surface area contributed by atoms with E-state index in [4.69, 9.17) is 0 Å². The van der Waals surface area contributed by atoms with Crippen LogP contribution in [0.5, 0.6) is 0 Å². The summed E-state index contributed by atoms with van der Waals surface area (Å²) in [6, 6.07) is 0. The average Bonchev–Trinajstić information content (AvgIpc) is 1.27. The van der Waals surface area contributed by atoms with E-state index in [-0.39, 0.29) is 5.87 Å². The minimum absolute atomic E-state index is 0.312. The molecule has 0 amide bonds. The molecule has 0 radical (unpaired) electrons. The lowest BCUT2D eigenvalue weighted by Crippen LogP contribution is -1.96. The maximum atomic E-state index is 9.97. The molecule has 0 rings (SSSR count). The van der Waals surface area contributed by atoms with Gasteiger partial charge >= 0.3 is 0 Å². The highest BCUT2D eigenvalue weighted by atomic mass is 16.5. The number of carbonyl (C=O) groups excluding carboxylic acids is 1. The number of ether oxygens (including phenoxy) is 1. The highest BCUT2D eigenvalue weighted by molar-refractivity contribution is 6.55. The molecule has 3 heteroatoms. The maximum Gasteiger partial charge on any atom is 0.247 e. The first-order valence-corrected chi connectivity index (χ1v) is 1.97. The Bertz CT molecular complexity index is 85.9. The van der Waals surface area contributed by atoms with E-state index < -0.39 is 0 Å². The molecule has 0 aromatic carbocycles. The second-order valence-corrected chi connectivity index (χ2v) is 1.30. The molecule has 0 unspecified atom stereocenters. The number of carbonyl (C=O) groups is 1. The molecular formula is C4H7BO2. The van der Waals surface area contributed by atoms with Crippen LogP contribution in [-0.4, -0.2) is 13.7 Å². The van der Waals surface area contributed by atoms with Crippen molar-refractivity contribution < 1.29 is 9.53 Å². The van der Waals surface area contributed by atoms with Crippen LogP contribution < -0.4 is 0 Å². The number of allylic oxidation sites excluding steroid dienone is 1. The van der Waals surface area contributed by atoms with Crippen LogP contribution in [0.3, 0.4) is 0 Å². The van der Waals surface area contributed by atoms with Gasteiger partial charge in [-0.05, 0) is 6.92 Å². The van der Waals surface area contributed by atoms with E-state index in [0.717, 1.165) is 0 Å². The van der Waals surface area contributed by atoms with Crippen molar-refractivity contribution in [3.8, 4) is 0 Å². The van der Waals surface area contributed by atoms with Gasteiger partial charge in [0.15, 0.2) is 0 Å². The summed E-state index contributed by atoms with van der Waals surface area (Å²) in [4.78, 5) is 9.97. The van der Waals surface area contributed by atoms with E-state index in [0.29, 0.717) is 5.76 Å². The predicted octanol–water partition coefficient (Wildman–Crippen LogP) is 0.290. The molecule has 0 fully saturated rings. The van der Waals surface area contributed by atoms with E-state index in [2.05, 4.69) is 11.3 Å². The van der Waals surface area contributed by atoms with Gasteiger partial charge in [-0.3, -0.25) is 4.79 Å². The zero-order chi connectivity index (χ0) is 5.86. The summed E-state index contributed by atoms with van der Waals surface area (Å²) in [5.41, 5.74) is 0. The third-order valence-corrected chi connectivity index (χ3v) is 0.318. The molecule has 0 spiro atoms. The lowest BCUT2D eigenvalue weighted by atomic mass is 10.2. The van der Waals surface area contributed by atoms with Crippen molar-refractivity contribution in [2.45, 2.75) is 6.92 Å². The Hall–Kier alpha value is -0.725. The number of hydrogen-bond acceptors (Lipinski definition) is 2. The summed E-state index contributed by atoms with van der Waals surface area (Å²) in [5, 5.41) is 0. The Kier molecular flexibility index (Phi) is 2.19. The van der Waals surface area contributed by atoms with E-state index in [1.54, 1.807) is 6.92 Å². The summed E-state index contributed by atoms with van der Waals surface area (Å²) in [6.07, 6.45) is 0. The molecule has 0 aliphatic carbocycles. The van der Waals surface area contributed by atoms with Crippen molar-refractivity contribution in [1.29, 1.82) is 0 Å². The maximum absolute atomic E-state index is 9.97. The fraction of sp³-hybridized carbons (Fsp3) is 0.250. The monoisotopic (exact) mass is 98.1 g/mol. The summed E-state index contributed by atoms with van der Waals surface area (Å²) in [7, 11) is 1.34. The van der Waals surface area contributed by atoms with Crippen molar-refractivity contribution in [2.24, 2.45) is 0 Å². The zero-order valence-electron chi connectivity index (χ0n) is 4.52. The van der Waals surface area contributed by atoms with Crippen LogP contribution in [0.25, 0.3) is 0 Å². The van der Waals surface area contributed by atoms with Crippen LogP contribution in [0.2, 0.25) is 0 Å². The highest BCUT2D eigenvalue weighted by Gasteiger charge is 1.87. The van der Waals surface area contributed by atoms with Crippen LogP contribution in [-0.2, 0) is 4.74 Å². The first-order valence-electron chi connectivity index (χ1n) is 1.97. The molecule has 0 N–H and O–H groups in total. The average molecular weight is 97.9 g/mol. The molecule has 0 atom stereocenters. The predicted molar refractivity (Wildman–Crippen MR) is 29.8 cm³/mol. The Labute approximate surface area is 43.6 Å². The second-order valence-electron chi connectivity index (χ2n) is 1.30. The summed E-state index contributed by atoms with van der Waals surface area (Å²) < 4.78 is 4.42. The largest absolute Gasteiger partial charge is 0.441 e. The normalized spacial score (nSPS) is 7.57. The van der Waals surface area contributed by atoms with E-state index in [9.17, 15) is 4.79 Å². The van der Waals surface area contributed by atoms with Crippen molar-refractivity contribution in [3.05, 3.63) is 12.3 Å². The third kappa shape index (κ3) is 5.27. The molecule has 2 nitrogen and oxygen atoms in total. The van der Waals surface area contributed by atoms with E-state index in [1.165, 1.54) is 7.85 Å². The minimum Gasteiger partial charge on any atom is -0.441 e. The van der Waals surface area contributed by atoms with Gasteiger partial charge < -0.3 is 4.74 Å². The smallest absolute Gasteiger partial charge is 0.247 e. The van der Waals surface area contributed by atoms with E-state index >= 15 is 0 Å². The third-order valence-electron chi connectivity index (χ3n) is 0.318. The van der Waals surface area contributed by atoms with E-state index in [1.807, 2.05) is 0 Å². The van der Waals surface area contributed by atoms with Gasteiger partial charge in [-0.1, -0.05) is 6.58 Å². The van der Waals surface area contributed by atoms with Crippen LogP contribution in [0.15, 0.2) is 12.3 Å². The fourth-order valence-corrected chi connectivity index (χ4v) is 0.245. The van der Waals surface area contributed by atoms with Gasteiger partial charge in [-0.25, -0.2) is 0 Å². The molecule has 0 aliphatic rings. The quantitative estimate of drug-likeness (QED) is 0.348. The van der Waals surface area contributed by atoms with Crippen molar-refractivity contribution in [3.63, 3.8) is 0 Å². The van der Waals surface area contributed by atoms with Crippen LogP contribution in [0.1, 0.15) is 6.92 Å².